The molecule has 100 valence electrons. The highest BCUT2D eigenvalue weighted by Gasteiger charge is 2.03. The first-order chi connectivity index (χ1) is 10.4. The number of fused-ring (bicyclic) bond motifs is 3. The van der Waals surface area contributed by atoms with Crippen molar-refractivity contribution in [1.29, 1.82) is 0 Å². The summed E-state index contributed by atoms with van der Waals surface area (Å²) in [6.45, 7) is 0. The van der Waals surface area contributed by atoms with Gasteiger partial charge in [0.2, 0.25) is 0 Å². The molecule has 4 aromatic rings. The molecule has 0 bridgehead atoms. The van der Waals surface area contributed by atoms with Crippen LogP contribution in [0.15, 0.2) is 72.1 Å². The molecule has 0 fully saturated rings. The first kappa shape index (κ1) is 12.4. The molecule has 0 aliphatic heterocycles. The van der Waals surface area contributed by atoms with Gasteiger partial charge in [-0.05, 0) is 50.7 Å². The number of thiophene rings is 1. The second kappa shape index (κ2) is 5.19. The van der Waals surface area contributed by atoms with Crippen molar-refractivity contribution < 1.29 is 0 Å². The summed E-state index contributed by atoms with van der Waals surface area (Å²) in [4.78, 5) is 1.28. The van der Waals surface area contributed by atoms with Crippen LogP contribution in [0.2, 0.25) is 0 Å². The van der Waals surface area contributed by atoms with Crippen LogP contribution in [-0.4, -0.2) is 0 Å². The van der Waals surface area contributed by atoms with E-state index in [2.05, 4.69) is 84.3 Å². The average molecular weight is 286 g/mol. The zero-order valence-corrected chi connectivity index (χ0v) is 12.3. The van der Waals surface area contributed by atoms with E-state index in [1.54, 1.807) is 11.3 Å². The van der Waals surface area contributed by atoms with Gasteiger partial charge in [0.05, 0.1) is 0 Å². The Balaban J connectivity index is 1.98. The molecular weight excluding hydrogens is 272 g/mol. The summed E-state index contributed by atoms with van der Waals surface area (Å²) in [5.41, 5.74) is 1.28. The van der Waals surface area contributed by atoms with Gasteiger partial charge in [-0.1, -0.05) is 60.7 Å². The highest BCUT2D eigenvalue weighted by Crippen LogP contribution is 2.29. The minimum absolute atomic E-state index is 1.28. The van der Waals surface area contributed by atoms with Gasteiger partial charge in [0.1, 0.15) is 0 Å². The fraction of sp³-hybridized carbons (Fsp3) is 0. The molecule has 3 aromatic carbocycles. The Hall–Kier alpha value is -2.38. The van der Waals surface area contributed by atoms with Gasteiger partial charge in [-0.15, -0.1) is 11.3 Å². The smallest absolute Gasteiger partial charge is 0.0270 e. The molecule has 21 heavy (non-hydrogen) atoms. The third-order valence-corrected chi connectivity index (χ3v) is 4.61. The Bertz CT molecular complexity index is 931. The van der Waals surface area contributed by atoms with E-state index in [4.69, 9.17) is 0 Å². The third kappa shape index (κ3) is 2.26. The Kier molecular flexibility index (Phi) is 3.06. The minimum Gasteiger partial charge on any atom is -0.144 e. The zero-order valence-electron chi connectivity index (χ0n) is 11.5. The maximum atomic E-state index is 2.28. The van der Waals surface area contributed by atoms with Gasteiger partial charge in [0.15, 0.2) is 0 Å². The van der Waals surface area contributed by atoms with E-state index in [9.17, 15) is 0 Å². The second-order valence-electron chi connectivity index (χ2n) is 5.08. The van der Waals surface area contributed by atoms with Crippen molar-refractivity contribution in [3.8, 4) is 0 Å². The van der Waals surface area contributed by atoms with E-state index in [0.29, 0.717) is 0 Å². The lowest BCUT2D eigenvalue weighted by Gasteiger charge is -2.07. The summed E-state index contributed by atoms with van der Waals surface area (Å²) in [5.74, 6) is 0. The van der Waals surface area contributed by atoms with Crippen molar-refractivity contribution in [3.63, 3.8) is 0 Å². The summed E-state index contributed by atoms with van der Waals surface area (Å²) in [7, 11) is 0. The van der Waals surface area contributed by atoms with Gasteiger partial charge < -0.3 is 0 Å². The van der Waals surface area contributed by atoms with Gasteiger partial charge in [0, 0.05) is 4.88 Å². The van der Waals surface area contributed by atoms with Crippen LogP contribution in [0.3, 0.4) is 0 Å². The van der Waals surface area contributed by atoms with Crippen molar-refractivity contribution in [2.75, 3.05) is 0 Å². The molecule has 0 saturated heterocycles. The van der Waals surface area contributed by atoms with E-state index in [1.807, 2.05) is 0 Å². The van der Waals surface area contributed by atoms with Gasteiger partial charge in [-0.3, -0.25) is 0 Å². The molecule has 0 atom stereocenters. The van der Waals surface area contributed by atoms with Crippen LogP contribution >= 0.6 is 11.3 Å². The SMILES string of the molecule is C(=Cc1cc2ccccc2c2ccccc12)c1cccs1. The van der Waals surface area contributed by atoms with Crippen LogP contribution in [0.5, 0.6) is 0 Å². The molecule has 0 N–H and O–H groups in total. The third-order valence-electron chi connectivity index (χ3n) is 3.77. The van der Waals surface area contributed by atoms with E-state index in [1.165, 1.54) is 32.0 Å². The van der Waals surface area contributed by atoms with Gasteiger partial charge in [0.25, 0.3) is 0 Å². The monoisotopic (exact) mass is 286 g/mol. The number of benzene rings is 3. The average Bonchev–Trinajstić information content (AvgIpc) is 3.06. The molecule has 4 rings (SSSR count). The normalized spacial score (nSPS) is 11.6. The van der Waals surface area contributed by atoms with Crippen LogP contribution < -0.4 is 0 Å². The van der Waals surface area contributed by atoms with E-state index in [-0.39, 0.29) is 0 Å². The molecule has 0 saturated carbocycles. The molecule has 0 aliphatic carbocycles. The number of hydrogen-bond acceptors (Lipinski definition) is 1. The Labute approximate surface area is 128 Å². The van der Waals surface area contributed by atoms with Crippen LogP contribution in [-0.2, 0) is 0 Å². The van der Waals surface area contributed by atoms with Crippen molar-refractivity contribution in [2.45, 2.75) is 0 Å². The molecule has 0 aliphatic rings. The largest absolute Gasteiger partial charge is 0.144 e. The van der Waals surface area contributed by atoms with Crippen molar-refractivity contribution in [3.05, 3.63) is 82.6 Å². The minimum atomic E-state index is 1.28. The molecule has 0 nitrogen and oxygen atoms in total. The topological polar surface area (TPSA) is 0 Å². The summed E-state index contributed by atoms with van der Waals surface area (Å²) in [5, 5.41) is 7.35. The molecule has 0 spiro atoms. The Morgan fingerprint density at radius 1 is 0.667 bits per heavy atom. The Morgan fingerprint density at radius 3 is 2.24 bits per heavy atom. The maximum Gasteiger partial charge on any atom is 0.0270 e. The van der Waals surface area contributed by atoms with Gasteiger partial charge >= 0.3 is 0 Å². The maximum absolute atomic E-state index is 2.28. The fourth-order valence-corrected chi connectivity index (χ4v) is 3.40. The predicted molar refractivity (Wildman–Crippen MR) is 94.7 cm³/mol. The highest BCUT2D eigenvalue weighted by molar-refractivity contribution is 7.10. The second-order valence-corrected chi connectivity index (χ2v) is 6.06. The number of rotatable bonds is 2. The summed E-state index contributed by atoms with van der Waals surface area (Å²) in [6, 6.07) is 23.7. The van der Waals surface area contributed by atoms with Gasteiger partial charge in [-0.25, -0.2) is 0 Å². The quantitative estimate of drug-likeness (QED) is 0.383. The summed E-state index contributed by atoms with van der Waals surface area (Å²) < 4.78 is 0. The first-order valence-corrected chi connectivity index (χ1v) is 7.92. The lowest BCUT2D eigenvalue weighted by Crippen LogP contribution is -1.82. The zero-order chi connectivity index (χ0) is 14.1. The molecule has 0 unspecified atom stereocenters. The molecule has 0 radical (unpaired) electrons. The van der Waals surface area contributed by atoms with Crippen molar-refractivity contribution in [1.82, 2.24) is 0 Å². The lowest BCUT2D eigenvalue weighted by atomic mass is 9.97. The molecule has 1 aromatic heterocycles. The molecule has 1 heterocycles. The molecule has 1 heteroatoms. The first-order valence-electron chi connectivity index (χ1n) is 7.04. The van der Waals surface area contributed by atoms with E-state index in [0.717, 1.165) is 0 Å². The molecular formula is C20H14S. The lowest BCUT2D eigenvalue weighted by molar-refractivity contribution is 1.74. The molecule has 0 amide bonds. The van der Waals surface area contributed by atoms with Crippen LogP contribution in [0.25, 0.3) is 33.7 Å². The Morgan fingerprint density at radius 2 is 1.43 bits per heavy atom. The van der Waals surface area contributed by atoms with Crippen molar-refractivity contribution in [2.24, 2.45) is 0 Å². The van der Waals surface area contributed by atoms with E-state index >= 15 is 0 Å². The standard InChI is InChI=1S/C20H14S/c1-2-8-18-15(6-1)14-16(11-12-17-7-5-13-21-17)19-9-3-4-10-20(18)19/h1-14H. The fourth-order valence-electron chi connectivity index (χ4n) is 2.78. The van der Waals surface area contributed by atoms with E-state index < -0.39 is 0 Å². The summed E-state index contributed by atoms with van der Waals surface area (Å²) >= 11 is 1.76. The predicted octanol–water partition coefficient (Wildman–Crippen LogP) is 6.22. The van der Waals surface area contributed by atoms with Crippen LogP contribution in [0, 0.1) is 0 Å². The number of hydrogen-bond donors (Lipinski definition) is 0. The van der Waals surface area contributed by atoms with Crippen LogP contribution in [0.4, 0.5) is 0 Å². The van der Waals surface area contributed by atoms with Gasteiger partial charge in [-0.2, -0.15) is 0 Å². The van der Waals surface area contributed by atoms with Crippen molar-refractivity contribution >= 4 is 45.0 Å². The highest BCUT2D eigenvalue weighted by atomic mass is 32.1. The summed E-state index contributed by atoms with van der Waals surface area (Å²) in [6.07, 6.45) is 4.42. The van der Waals surface area contributed by atoms with Crippen LogP contribution in [0.1, 0.15) is 10.4 Å².